The Hall–Kier alpha value is -2.81. The maximum Gasteiger partial charge on any atom is 0.325 e. The minimum atomic E-state index is -0.641. The van der Waals surface area contributed by atoms with Gasteiger partial charge in [0.05, 0.1) is 13.1 Å². The van der Waals surface area contributed by atoms with E-state index in [0.29, 0.717) is 43.5 Å². The maximum atomic E-state index is 11.9. The summed E-state index contributed by atoms with van der Waals surface area (Å²) in [4.78, 5) is 36.7. The highest BCUT2D eigenvalue weighted by Crippen LogP contribution is 2.32. The van der Waals surface area contributed by atoms with Gasteiger partial charge in [0.1, 0.15) is 13.2 Å². The second-order valence-corrected chi connectivity index (χ2v) is 5.42. The molecular formula is C15H18N4O5. The minimum Gasteiger partial charge on any atom is -0.486 e. The van der Waals surface area contributed by atoms with Crippen LogP contribution in [0.15, 0.2) is 18.2 Å². The van der Waals surface area contributed by atoms with E-state index in [-0.39, 0.29) is 19.0 Å². The first-order valence-electron chi connectivity index (χ1n) is 7.60. The first-order valence-corrected chi connectivity index (χ1v) is 7.60. The van der Waals surface area contributed by atoms with Crippen LogP contribution in [0.3, 0.4) is 0 Å². The van der Waals surface area contributed by atoms with E-state index in [1.807, 2.05) is 0 Å². The van der Waals surface area contributed by atoms with Gasteiger partial charge in [-0.05, 0) is 12.1 Å². The molecule has 128 valence electrons. The number of rotatable bonds is 3. The Labute approximate surface area is 138 Å². The molecule has 0 unspecified atom stereocenters. The average molecular weight is 334 g/mol. The summed E-state index contributed by atoms with van der Waals surface area (Å²) in [5.74, 6) is 0.561. The first kappa shape index (κ1) is 16.1. The number of benzene rings is 1. The quantitative estimate of drug-likeness (QED) is 0.690. The van der Waals surface area contributed by atoms with Crippen LogP contribution >= 0.6 is 0 Å². The largest absolute Gasteiger partial charge is 0.486 e. The van der Waals surface area contributed by atoms with Gasteiger partial charge in [-0.3, -0.25) is 19.8 Å². The van der Waals surface area contributed by atoms with E-state index in [1.54, 1.807) is 23.1 Å². The lowest BCUT2D eigenvalue weighted by atomic mass is 10.2. The molecule has 24 heavy (non-hydrogen) atoms. The Kier molecular flexibility index (Phi) is 4.80. The molecule has 0 aliphatic carbocycles. The van der Waals surface area contributed by atoms with Crippen molar-refractivity contribution in [3.05, 3.63) is 18.2 Å². The Morgan fingerprint density at radius 1 is 1.21 bits per heavy atom. The van der Waals surface area contributed by atoms with Crippen LogP contribution in [0, 0.1) is 0 Å². The molecule has 9 nitrogen and oxygen atoms in total. The maximum absolute atomic E-state index is 11.9. The van der Waals surface area contributed by atoms with Crippen molar-refractivity contribution in [3.63, 3.8) is 0 Å². The Morgan fingerprint density at radius 3 is 2.79 bits per heavy atom. The van der Waals surface area contributed by atoms with Crippen LogP contribution < -0.4 is 25.4 Å². The number of urea groups is 1. The van der Waals surface area contributed by atoms with Crippen LogP contribution in [0.2, 0.25) is 0 Å². The van der Waals surface area contributed by atoms with Crippen LogP contribution in [0.1, 0.15) is 0 Å². The monoisotopic (exact) mass is 334 g/mol. The van der Waals surface area contributed by atoms with Gasteiger partial charge in [-0.1, -0.05) is 0 Å². The van der Waals surface area contributed by atoms with Crippen molar-refractivity contribution in [1.82, 2.24) is 15.5 Å². The zero-order chi connectivity index (χ0) is 16.9. The third-order valence-electron chi connectivity index (χ3n) is 3.54. The lowest BCUT2D eigenvalue weighted by molar-refractivity contribution is -0.126. The fourth-order valence-corrected chi connectivity index (χ4v) is 2.48. The van der Waals surface area contributed by atoms with E-state index in [0.717, 1.165) is 0 Å². The van der Waals surface area contributed by atoms with E-state index in [9.17, 15) is 14.4 Å². The normalized spacial score (nSPS) is 16.9. The van der Waals surface area contributed by atoms with Gasteiger partial charge in [0.2, 0.25) is 11.8 Å². The molecule has 1 aromatic rings. The lowest BCUT2D eigenvalue weighted by Crippen LogP contribution is -2.51. The number of hydrogen-bond donors (Lipinski definition) is 3. The third kappa shape index (κ3) is 4.13. The Morgan fingerprint density at radius 2 is 2.00 bits per heavy atom. The molecule has 1 saturated heterocycles. The SMILES string of the molecule is O=C1CN(CC(=O)NC(=O)Nc2ccc3c(c2)OCCO3)CCN1. The second-order valence-electron chi connectivity index (χ2n) is 5.42. The van der Waals surface area contributed by atoms with E-state index in [1.165, 1.54) is 0 Å². The molecule has 0 aromatic heterocycles. The lowest BCUT2D eigenvalue weighted by Gasteiger charge is -2.25. The zero-order valence-corrected chi connectivity index (χ0v) is 13.0. The molecule has 0 bridgehead atoms. The van der Waals surface area contributed by atoms with E-state index in [2.05, 4.69) is 16.0 Å². The summed E-state index contributed by atoms with van der Waals surface area (Å²) in [6.07, 6.45) is 0. The predicted octanol–water partition coefficient (Wildman–Crippen LogP) is -0.462. The van der Waals surface area contributed by atoms with Crippen LogP contribution in [0.25, 0.3) is 0 Å². The van der Waals surface area contributed by atoms with E-state index < -0.39 is 11.9 Å². The highest BCUT2D eigenvalue weighted by atomic mass is 16.6. The topological polar surface area (TPSA) is 109 Å². The molecular weight excluding hydrogens is 316 g/mol. The van der Waals surface area contributed by atoms with Crippen LogP contribution in [-0.2, 0) is 9.59 Å². The number of piperazine rings is 1. The molecule has 3 N–H and O–H groups in total. The Bertz CT molecular complexity index is 663. The highest BCUT2D eigenvalue weighted by molar-refractivity contribution is 6.02. The molecule has 2 heterocycles. The number of nitrogens with zero attached hydrogens (tertiary/aromatic N) is 1. The number of anilines is 1. The number of imide groups is 1. The molecule has 2 aliphatic rings. The predicted molar refractivity (Wildman–Crippen MR) is 84.0 cm³/mol. The second kappa shape index (κ2) is 7.18. The van der Waals surface area contributed by atoms with Crippen molar-refractivity contribution in [2.24, 2.45) is 0 Å². The number of carbonyl (C=O) groups is 3. The number of ether oxygens (including phenoxy) is 2. The molecule has 3 rings (SSSR count). The van der Waals surface area contributed by atoms with Gasteiger partial charge < -0.3 is 20.1 Å². The van der Waals surface area contributed by atoms with Crippen LogP contribution in [0.4, 0.5) is 10.5 Å². The van der Waals surface area contributed by atoms with Gasteiger partial charge in [0, 0.05) is 24.8 Å². The number of fused-ring (bicyclic) bond motifs is 1. The summed E-state index contributed by atoms with van der Waals surface area (Å²) in [7, 11) is 0. The van der Waals surface area contributed by atoms with Gasteiger partial charge in [0.15, 0.2) is 11.5 Å². The molecule has 4 amide bonds. The fourth-order valence-electron chi connectivity index (χ4n) is 2.48. The minimum absolute atomic E-state index is 0.0119. The van der Waals surface area contributed by atoms with Gasteiger partial charge in [-0.25, -0.2) is 4.79 Å². The smallest absolute Gasteiger partial charge is 0.325 e. The number of amides is 4. The molecule has 0 saturated carbocycles. The van der Waals surface area contributed by atoms with Gasteiger partial charge in [-0.2, -0.15) is 0 Å². The van der Waals surface area contributed by atoms with Crippen molar-refractivity contribution in [2.45, 2.75) is 0 Å². The molecule has 9 heteroatoms. The molecule has 0 radical (unpaired) electrons. The fraction of sp³-hybridized carbons (Fsp3) is 0.400. The summed E-state index contributed by atoms with van der Waals surface area (Å²) in [6.45, 7) is 2.14. The summed E-state index contributed by atoms with van der Waals surface area (Å²) >= 11 is 0. The summed E-state index contributed by atoms with van der Waals surface area (Å²) in [5.41, 5.74) is 0.488. The molecule has 1 fully saturated rings. The first-order chi connectivity index (χ1) is 11.6. The number of hydrogen-bond acceptors (Lipinski definition) is 6. The van der Waals surface area contributed by atoms with Gasteiger partial charge >= 0.3 is 6.03 Å². The number of nitrogens with one attached hydrogen (secondary N) is 3. The summed E-state index contributed by atoms with van der Waals surface area (Å²) in [6, 6.07) is 4.34. The van der Waals surface area contributed by atoms with Crippen molar-refractivity contribution >= 4 is 23.5 Å². The number of carbonyl (C=O) groups excluding carboxylic acids is 3. The van der Waals surface area contributed by atoms with Crippen LogP contribution in [0.5, 0.6) is 11.5 Å². The summed E-state index contributed by atoms with van der Waals surface area (Å²) in [5, 5.41) is 7.47. The molecule has 1 aromatic carbocycles. The summed E-state index contributed by atoms with van der Waals surface area (Å²) < 4.78 is 10.8. The van der Waals surface area contributed by atoms with E-state index in [4.69, 9.17) is 9.47 Å². The average Bonchev–Trinajstić information content (AvgIpc) is 2.54. The van der Waals surface area contributed by atoms with Crippen molar-refractivity contribution < 1.29 is 23.9 Å². The molecule has 0 spiro atoms. The molecule has 2 aliphatic heterocycles. The van der Waals surface area contributed by atoms with Gasteiger partial charge in [-0.15, -0.1) is 0 Å². The highest BCUT2D eigenvalue weighted by Gasteiger charge is 2.20. The third-order valence-corrected chi connectivity index (χ3v) is 3.54. The van der Waals surface area contributed by atoms with Gasteiger partial charge in [0.25, 0.3) is 0 Å². The Balaban J connectivity index is 1.50. The standard InChI is InChI=1S/C15H18N4O5/c20-13-8-19(4-3-16-13)9-14(21)18-15(22)17-10-1-2-11-12(7-10)24-6-5-23-11/h1-2,7H,3-6,8-9H2,(H,16,20)(H2,17,18,21,22). The van der Waals surface area contributed by atoms with Crippen molar-refractivity contribution in [3.8, 4) is 11.5 Å². The zero-order valence-electron chi connectivity index (χ0n) is 13.0. The molecule has 0 atom stereocenters. The van der Waals surface area contributed by atoms with E-state index >= 15 is 0 Å². The van der Waals surface area contributed by atoms with Crippen molar-refractivity contribution in [2.75, 3.05) is 44.7 Å². The van der Waals surface area contributed by atoms with Crippen LogP contribution in [-0.4, -0.2) is 62.1 Å². The van der Waals surface area contributed by atoms with Crippen molar-refractivity contribution in [1.29, 1.82) is 0 Å².